The van der Waals surface area contributed by atoms with Crippen LogP contribution in [0.2, 0.25) is 0 Å². The van der Waals surface area contributed by atoms with Gasteiger partial charge in [-0.2, -0.15) is 0 Å². The Morgan fingerprint density at radius 2 is 2.50 bits per heavy atom. The first kappa shape index (κ1) is 8.99. The summed E-state index contributed by atoms with van der Waals surface area (Å²) in [4.78, 5) is 16.3. The topological polar surface area (TPSA) is 53.4 Å². The van der Waals surface area contributed by atoms with E-state index in [-0.39, 0.29) is 5.69 Å². The number of aromatic carboxylic acids is 1. The molecule has 1 heterocycles. The van der Waals surface area contributed by atoms with Gasteiger partial charge in [0, 0.05) is 19.0 Å². The van der Waals surface area contributed by atoms with Crippen molar-refractivity contribution in [2.75, 3.05) is 18.5 Å². The van der Waals surface area contributed by atoms with Crippen molar-refractivity contribution in [3.8, 4) is 0 Å². The van der Waals surface area contributed by atoms with Gasteiger partial charge in [0.25, 0.3) is 0 Å². The van der Waals surface area contributed by atoms with Crippen molar-refractivity contribution >= 4 is 22.4 Å². The van der Waals surface area contributed by atoms with E-state index in [1.165, 1.54) is 11.3 Å². The summed E-state index contributed by atoms with van der Waals surface area (Å²) in [6, 6.07) is 0. The van der Waals surface area contributed by atoms with Crippen molar-refractivity contribution in [3.63, 3.8) is 0 Å². The van der Waals surface area contributed by atoms with Gasteiger partial charge >= 0.3 is 5.97 Å². The maximum absolute atomic E-state index is 10.5. The third-order valence-electron chi connectivity index (χ3n) is 1.51. The van der Waals surface area contributed by atoms with Crippen molar-refractivity contribution in [2.24, 2.45) is 0 Å². The maximum atomic E-state index is 10.5. The lowest BCUT2D eigenvalue weighted by Crippen LogP contribution is -2.15. The summed E-state index contributed by atoms with van der Waals surface area (Å²) in [5.74, 6) is -0.970. The zero-order valence-corrected chi connectivity index (χ0v) is 7.76. The van der Waals surface area contributed by atoms with Crippen LogP contribution in [-0.4, -0.2) is 29.7 Å². The minimum absolute atomic E-state index is 0.121. The first-order valence-corrected chi connectivity index (χ1v) is 4.43. The molecule has 1 aromatic rings. The Morgan fingerprint density at radius 3 is 2.92 bits per heavy atom. The molecule has 1 aromatic heterocycles. The number of nitrogens with zero attached hydrogens (tertiary/aromatic N) is 2. The number of thiazole rings is 1. The highest BCUT2D eigenvalue weighted by Crippen LogP contribution is 2.18. The molecule has 0 fully saturated rings. The highest BCUT2D eigenvalue weighted by Gasteiger charge is 2.09. The highest BCUT2D eigenvalue weighted by molar-refractivity contribution is 7.13. The van der Waals surface area contributed by atoms with Gasteiger partial charge in [0.15, 0.2) is 10.8 Å². The van der Waals surface area contributed by atoms with E-state index in [0.29, 0.717) is 0 Å². The van der Waals surface area contributed by atoms with Gasteiger partial charge in [0.1, 0.15) is 0 Å². The molecule has 0 spiro atoms. The van der Waals surface area contributed by atoms with Gasteiger partial charge in [-0.3, -0.25) is 0 Å². The van der Waals surface area contributed by atoms with Crippen LogP contribution in [0.1, 0.15) is 17.4 Å². The maximum Gasteiger partial charge on any atom is 0.355 e. The summed E-state index contributed by atoms with van der Waals surface area (Å²) in [5, 5.41) is 10.9. The standard InChI is InChI=1S/C7H10N2O2S/c1-3-9(2)7-8-5(4-12-7)6(10)11/h4H,3H2,1-2H3,(H,10,11). The van der Waals surface area contributed by atoms with Crippen molar-refractivity contribution in [1.82, 2.24) is 4.98 Å². The number of rotatable bonds is 3. The Kier molecular flexibility index (Phi) is 2.65. The quantitative estimate of drug-likeness (QED) is 0.773. The fourth-order valence-corrected chi connectivity index (χ4v) is 1.50. The lowest BCUT2D eigenvalue weighted by molar-refractivity contribution is 0.0691. The molecular formula is C7H10N2O2S. The molecule has 12 heavy (non-hydrogen) atoms. The van der Waals surface area contributed by atoms with Crippen LogP contribution in [-0.2, 0) is 0 Å². The molecule has 0 saturated carbocycles. The molecular weight excluding hydrogens is 176 g/mol. The molecule has 1 N–H and O–H groups in total. The molecule has 66 valence electrons. The van der Waals surface area contributed by atoms with Crippen molar-refractivity contribution in [1.29, 1.82) is 0 Å². The van der Waals surface area contributed by atoms with Gasteiger partial charge in [-0.05, 0) is 6.92 Å². The van der Waals surface area contributed by atoms with E-state index in [1.54, 1.807) is 5.38 Å². The summed E-state index contributed by atoms with van der Waals surface area (Å²) < 4.78 is 0. The lowest BCUT2D eigenvalue weighted by atomic mass is 10.5. The molecule has 0 saturated heterocycles. The molecule has 0 aliphatic carbocycles. The molecule has 0 bridgehead atoms. The first-order chi connectivity index (χ1) is 5.65. The third-order valence-corrected chi connectivity index (χ3v) is 2.47. The monoisotopic (exact) mass is 186 g/mol. The van der Waals surface area contributed by atoms with Crippen LogP contribution in [0.15, 0.2) is 5.38 Å². The second-order valence-corrected chi connectivity index (χ2v) is 3.17. The van der Waals surface area contributed by atoms with E-state index >= 15 is 0 Å². The van der Waals surface area contributed by atoms with Crippen LogP contribution in [0.25, 0.3) is 0 Å². The van der Waals surface area contributed by atoms with E-state index in [4.69, 9.17) is 5.11 Å². The predicted molar refractivity (Wildman–Crippen MR) is 48.0 cm³/mol. The smallest absolute Gasteiger partial charge is 0.355 e. The minimum Gasteiger partial charge on any atom is -0.476 e. The van der Waals surface area contributed by atoms with Crippen LogP contribution in [0.5, 0.6) is 0 Å². The van der Waals surface area contributed by atoms with Crippen molar-refractivity contribution in [2.45, 2.75) is 6.92 Å². The molecule has 4 nitrogen and oxygen atoms in total. The number of carboxylic acids is 1. The normalized spacial score (nSPS) is 9.83. The fraction of sp³-hybridized carbons (Fsp3) is 0.429. The van der Waals surface area contributed by atoms with Gasteiger partial charge in [-0.15, -0.1) is 11.3 Å². The Hall–Kier alpha value is -1.10. The molecule has 0 amide bonds. The summed E-state index contributed by atoms with van der Waals surface area (Å²) in [6.07, 6.45) is 0. The van der Waals surface area contributed by atoms with Gasteiger partial charge in [0.05, 0.1) is 0 Å². The number of carbonyl (C=O) groups is 1. The van der Waals surface area contributed by atoms with Crippen LogP contribution in [0, 0.1) is 0 Å². The molecule has 0 atom stereocenters. The van der Waals surface area contributed by atoms with Gasteiger partial charge in [-0.1, -0.05) is 0 Å². The number of aromatic nitrogens is 1. The number of hydrogen-bond acceptors (Lipinski definition) is 4. The van der Waals surface area contributed by atoms with Gasteiger partial charge in [-0.25, -0.2) is 9.78 Å². The number of anilines is 1. The second-order valence-electron chi connectivity index (χ2n) is 2.33. The largest absolute Gasteiger partial charge is 0.476 e. The first-order valence-electron chi connectivity index (χ1n) is 3.55. The number of carboxylic acid groups (broad SMARTS) is 1. The highest BCUT2D eigenvalue weighted by atomic mass is 32.1. The van der Waals surface area contributed by atoms with Crippen molar-refractivity contribution in [3.05, 3.63) is 11.1 Å². The summed E-state index contributed by atoms with van der Waals surface area (Å²) in [7, 11) is 1.88. The molecule has 1 rings (SSSR count). The fourth-order valence-electron chi connectivity index (χ4n) is 0.673. The zero-order valence-electron chi connectivity index (χ0n) is 6.94. The molecule has 0 radical (unpaired) electrons. The van der Waals surface area contributed by atoms with Gasteiger partial charge < -0.3 is 10.0 Å². The Morgan fingerprint density at radius 1 is 1.83 bits per heavy atom. The van der Waals surface area contributed by atoms with Gasteiger partial charge in [0.2, 0.25) is 0 Å². The Balaban J connectivity index is 2.84. The Bertz CT molecular complexity index is 285. The lowest BCUT2D eigenvalue weighted by Gasteiger charge is -2.10. The van der Waals surface area contributed by atoms with Crippen LogP contribution in [0.3, 0.4) is 0 Å². The molecule has 0 aliphatic rings. The molecule has 5 heteroatoms. The molecule has 0 aromatic carbocycles. The average molecular weight is 186 g/mol. The number of hydrogen-bond donors (Lipinski definition) is 1. The minimum atomic E-state index is -0.970. The Labute approximate surface area is 74.5 Å². The van der Waals surface area contributed by atoms with E-state index in [1.807, 2.05) is 18.9 Å². The SMILES string of the molecule is CCN(C)c1nc(C(=O)O)cs1. The third kappa shape index (κ3) is 1.73. The van der Waals surface area contributed by atoms with Crippen LogP contribution >= 0.6 is 11.3 Å². The van der Waals surface area contributed by atoms with Crippen LogP contribution < -0.4 is 4.90 Å². The predicted octanol–water partition coefficient (Wildman–Crippen LogP) is 1.30. The van der Waals surface area contributed by atoms with Crippen molar-refractivity contribution < 1.29 is 9.90 Å². The second kappa shape index (κ2) is 3.53. The summed E-state index contributed by atoms with van der Waals surface area (Å²) >= 11 is 1.34. The summed E-state index contributed by atoms with van der Waals surface area (Å²) in [6.45, 7) is 2.81. The zero-order chi connectivity index (χ0) is 9.14. The van der Waals surface area contributed by atoms with Crippen LogP contribution in [0.4, 0.5) is 5.13 Å². The van der Waals surface area contributed by atoms with E-state index in [9.17, 15) is 4.79 Å². The molecule has 0 aliphatic heterocycles. The van der Waals surface area contributed by atoms with E-state index in [2.05, 4.69) is 4.98 Å². The van der Waals surface area contributed by atoms with E-state index in [0.717, 1.165) is 11.7 Å². The summed E-state index contributed by atoms with van der Waals surface area (Å²) in [5.41, 5.74) is 0.121. The van der Waals surface area contributed by atoms with E-state index < -0.39 is 5.97 Å². The average Bonchev–Trinajstić information content (AvgIpc) is 2.51. The molecule has 0 unspecified atom stereocenters.